The highest BCUT2D eigenvalue weighted by atomic mass is 14.9. The zero-order valence-electron chi connectivity index (χ0n) is 14.9. The zero-order valence-corrected chi connectivity index (χ0v) is 14.9. The Morgan fingerprint density at radius 3 is 2.80 bits per heavy atom. The third-order valence-electron chi connectivity index (χ3n) is 5.22. The molecule has 2 aromatic heterocycles. The standard InChI is InChI=1S/C22H23N3/c1-3-19(17-9-10-21-18(13-17)8-5-11-23-21)20-14-24-22(25-15(20)2)12-16-6-4-7-16/h3,5,8-11,13-14,16H,4,6-7,12H2,1-2H3/b19-3-. The van der Waals surface area contributed by atoms with E-state index in [4.69, 9.17) is 4.98 Å². The Morgan fingerprint density at radius 1 is 1.20 bits per heavy atom. The van der Waals surface area contributed by atoms with Crippen molar-refractivity contribution in [3.05, 3.63) is 71.4 Å². The minimum atomic E-state index is 0.791. The van der Waals surface area contributed by atoms with Crippen molar-refractivity contribution in [3.8, 4) is 0 Å². The highest BCUT2D eigenvalue weighted by Crippen LogP contribution is 2.30. The lowest BCUT2D eigenvalue weighted by molar-refractivity contribution is 0.309. The lowest BCUT2D eigenvalue weighted by Crippen LogP contribution is -2.16. The molecule has 0 radical (unpaired) electrons. The Morgan fingerprint density at radius 2 is 2.08 bits per heavy atom. The summed E-state index contributed by atoms with van der Waals surface area (Å²) in [6, 6.07) is 10.5. The second kappa shape index (κ2) is 6.75. The molecular weight excluding hydrogens is 306 g/mol. The van der Waals surface area contributed by atoms with Crippen LogP contribution in [0, 0.1) is 12.8 Å². The number of aromatic nitrogens is 3. The van der Waals surface area contributed by atoms with E-state index < -0.39 is 0 Å². The average molecular weight is 329 g/mol. The summed E-state index contributed by atoms with van der Waals surface area (Å²) in [7, 11) is 0. The molecule has 4 rings (SSSR count). The predicted molar refractivity (Wildman–Crippen MR) is 102 cm³/mol. The first-order chi connectivity index (χ1) is 12.2. The Labute approximate surface area is 148 Å². The van der Waals surface area contributed by atoms with Crippen LogP contribution in [-0.2, 0) is 6.42 Å². The maximum atomic E-state index is 4.79. The van der Waals surface area contributed by atoms with Gasteiger partial charge in [-0.1, -0.05) is 37.5 Å². The van der Waals surface area contributed by atoms with Gasteiger partial charge in [-0.2, -0.15) is 0 Å². The molecule has 0 N–H and O–H groups in total. The van der Waals surface area contributed by atoms with Gasteiger partial charge in [-0.3, -0.25) is 4.98 Å². The minimum Gasteiger partial charge on any atom is -0.256 e. The lowest BCUT2D eigenvalue weighted by atomic mass is 9.83. The van der Waals surface area contributed by atoms with Crippen molar-refractivity contribution in [2.45, 2.75) is 39.5 Å². The number of pyridine rings is 1. The molecule has 0 unspecified atom stereocenters. The third kappa shape index (κ3) is 3.19. The molecule has 1 aromatic carbocycles. The molecule has 1 fully saturated rings. The number of hydrogen-bond acceptors (Lipinski definition) is 3. The molecule has 1 aliphatic carbocycles. The molecule has 3 aromatic rings. The normalized spacial score (nSPS) is 15.4. The average Bonchev–Trinajstić information content (AvgIpc) is 2.60. The predicted octanol–water partition coefficient (Wildman–Crippen LogP) is 5.13. The van der Waals surface area contributed by atoms with Crippen molar-refractivity contribution >= 4 is 16.5 Å². The van der Waals surface area contributed by atoms with Crippen LogP contribution in [0.3, 0.4) is 0 Å². The highest BCUT2D eigenvalue weighted by Gasteiger charge is 2.19. The maximum Gasteiger partial charge on any atom is 0.128 e. The molecule has 126 valence electrons. The van der Waals surface area contributed by atoms with Gasteiger partial charge >= 0.3 is 0 Å². The van der Waals surface area contributed by atoms with Crippen LogP contribution in [0.15, 0.2) is 48.8 Å². The summed E-state index contributed by atoms with van der Waals surface area (Å²) < 4.78 is 0. The Kier molecular flexibility index (Phi) is 4.31. The molecule has 2 heterocycles. The van der Waals surface area contributed by atoms with Crippen LogP contribution in [0.25, 0.3) is 16.5 Å². The van der Waals surface area contributed by atoms with Gasteiger partial charge in [0.1, 0.15) is 5.82 Å². The molecule has 25 heavy (non-hydrogen) atoms. The van der Waals surface area contributed by atoms with Gasteiger partial charge in [0, 0.05) is 35.5 Å². The summed E-state index contributed by atoms with van der Waals surface area (Å²) in [6.45, 7) is 4.16. The first kappa shape index (κ1) is 15.9. The van der Waals surface area contributed by atoms with Crippen molar-refractivity contribution < 1.29 is 0 Å². The Balaban J connectivity index is 1.67. The van der Waals surface area contributed by atoms with Crippen molar-refractivity contribution in [1.82, 2.24) is 15.0 Å². The fourth-order valence-corrected chi connectivity index (χ4v) is 3.55. The van der Waals surface area contributed by atoms with Gasteiger partial charge < -0.3 is 0 Å². The van der Waals surface area contributed by atoms with Gasteiger partial charge in [0.15, 0.2) is 0 Å². The second-order valence-electron chi connectivity index (χ2n) is 6.90. The summed E-state index contributed by atoms with van der Waals surface area (Å²) in [5.41, 5.74) is 5.55. The van der Waals surface area contributed by atoms with Crippen molar-refractivity contribution in [3.63, 3.8) is 0 Å². The molecule has 3 heteroatoms. The minimum absolute atomic E-state index is 0.791. The number of hydrogen-bond donors (Lipinski definition) is 0. The first-order valence-electron chi connectivity index (χ1n) is 9.09. The number of aryl methyl sites for hydroxylation is 1. The number of nitrogens with zero attached hydrogens (tertiary/aromatic N) is 3. The van der Waals surface area contributed by atoms with E-state index in [1.807, 2.05) is 18.5 Å². The molecule has 0 spiro atoms. The zero-order chi connectivity index (χ0) is 17.2. The van der Waals surface area contributed by atoms with Crippen molar-refractivity contribution in [1.29, 1.82) is 0 Å². The summed E-state index contributed by atoms with van der Waals surface area (Å²) in [5, 5.41) is 1.15. The van der Waals surface area contributed by atoms with Gasteiger partial charge in [-0.15, -0.1) is 0 Å². The highest BCUT2D eigenvalue weighted by molar-refractivity contribution is 5.87. The summed E-state index contributed by atoms with van der Waals surface area (Å²) in [6.07, 6.45) is 11.0. The van der Waals surface area contributed by atoms with E-state index in [1.165, 1.54) is 30.4 Å². The van der Waals surface area contributed by atoms with E-state index in [2.05, 4.69) is 54.2 Å². The molecule has 0 aliphatic heterocycles. The molecule has 3 nitrogen and oxygen atoms in total. The SMILES string of the molecule is C/C=C(/c1ccc2ncccc2c1)c1cnc(CC2CCC2)nc1C. The number of rotatable bonds is 4. The number of allylic oxidation sites excluding steroid dienone is 1. The summed E-state index contributed by atoms with van der Waals surface area (Å²) in [5.74, 6) is 1.78. The topological polar surface area (TPSA) is 38.7 Å². The molecule has 0 saturated heterocycles. The van der Waals surface area contributed by atoms with Crippen LogP contribution in [0.1, 0.15) is 48.8 Å². The van der Waals surface area contributed by atoms with Gasteiger partial charge in [0.25, 0.3) is 0 Å². The number of benzene rings is 1. The Bertz CT molecular complexity index is 939. The largest absolute Gasteiger partial charge is 0.256 e. The first-order valence-corrected chi connectivity index (χ1v) is 9.09. The fraction of sp³-hybridized carbons (Fsp3) is 0.318. The van der Waals surface area contributed by atoms with Crippen molar-refractivity contribution in [2.75, 3.05) is 0 Å². The van der Waals surface area contributed by atoms with Crippen molar-refractivity contribution in [2.24, 2.45) is 5.92 Å². The molecule has 1 aliphatic rings. The maximum absolute atomic E-state index is 4.79. The second-order valence-corrected chi connectivity index (χ2v) is 6.90. The quantitative estimate of drug-likeness (QED) is 0.666. The molecule has 0 bridgehead atoms. The van der Waals surface area contributed by atoms with E-state index in [1.54, 1.807) is 0 Å². The van der Waals surface area contributed by atoms with Crippen LogP contribution < -0.4 is 0 Å². The summed E-state index contributed by atoms with van der Waals surface area (Å²) in [4.78, 5) is 13.8. The third-order valence-corrected chi connectivity index (χ3v) is 5.22. The van der Waals surface area contributed by atoms with E-state index in [-0.39, 0.29) is 0 Å². The van der Waals surface area contributed by atoms with E-state index in [0.29, 0.717) is 0 Å². The Hall–Kier alpha value is -2.55. The van der Waals surface area contributed by atoms with Crippen LogP contribution in [0.5, 0.6) is 0 Å². The lowest BCUT2D eigenvalue weighted by Gasteiger charge is -2.24. The van der Waals surface area contributed by atoms with Gasteiger partial charge in [0.05, 0.1) is 5.52 Å². The molecule has 0 amide bonds. The molecular formula is C22H23N3. The van der Waals surface area contributed by atoms with Crippen LogP contribution in [0.4, 0.5) is 0 Å². The molecule has 0 atom stereocenters. The van der Waals surface area contributed by atoms with Crippen LogP contribution >= 0.6 is 0 Å². The monoisotopic (exact) mass is 329 g/mol. The van der Waals surface area contributed by atoms with Gasteiger partial charge in [0.2, 0.25) is 0 Å². The van der Waals surface area contributed by atoms with E-state index in [9.17, 15) is 0 Å². The summed E-state index contributed by atoms with van der Waals surface area (Å²) >= 11 is 0. The van der Waals surface area contributed by atoms with Gasteiger partial charge in [-0.25, -0.2) is 9.97 Å². The fourth-order valence-electron chi connectivity index (χ4n) is 3.55. The van der Waals surface area contributed by atoms with Crippen LogP contribution in [-0.4, -0.2) is 15.0 Å². The van der Waals surface area contributed by atoms with Crippen LogP contribution in [0.2, 0.25) is 0 Å². The van der Waals surface area contributed by atoms with E-state index >= 15 is 0 Å². The number of fused-ring (bicyclic) bond motifs is 1. The molecule has 1 saturated carbocycles. The van der Waals surface area contributed by atoms with Gasteiger partial charge in [-0.05, 0) is 49.1 Å². The smallest absolute Gasteiger partial charge is 0.128 e. The van der Waals surface area contributed by atoms with E-state index in [0.717, 1.165) is 40.3 Å².